The van der Waals surface area contributed by atoms with E-state index >= 15 is 0 Å². The summed E-state index contributed by atoms with van der Waals surface area (Å²) >= 11 is 0. The van der Waals surface area contributed by atoms with Gasteiger partial charge in [0.15, 0.2) is 5.96 Å². The molecule has 31 heavy (non-hydrogen) atoms. The van der Waals surface area contributed by atoms with Gasteiger partial charge in [-0.25, -0.2) is 9.98 Å². The van der Waals surface area contributed by atoms with Gasteiger partial charge >= 0.3 is 0 Å². The SMILES string of the molecule is CCNC(=NCc1cccc(CN(C)C)c1)NCc1coc(-c2ccc(C)cc2)n1.I. The van der Waals surface area contributed by atoms with Crippen LogP contribution in [-0.2, 0) is 19.6 Å². The number of oxazole rings is 1. The molecule has 2 N–H and O–H groups in total. The lowest BCUT2D eigenvalue weighted by Gasteiger charge is -2.12. The van der Waals surface area contributed by atoms with E-state index in [0.29, 0.717) is 19.0 Å². The van der Waals surface area contributed by atoms with Crippen molar-refractivity contribution in [1.82, 2.24) is 20.5 Å². The number of hydrogen-bond donors (Lipinski definition) is 2. The Hall–Kier alpha value is -2.39. The number of nitrogens with zero attached hydrogens (tertiary/aromatic N) is 3. The Balaban J connectivity index is 0.00000341. The molecule has 0 aliphatic carbocycles. The number of nitrogens with one attached hydrogen (secondary N) is 2. The molecule has 6 nitrogen and oxygen atoms in total. The van der Waals surface area contributed by atoms with Crippen molar-refractivity contribution in [3.8, 4) is 11.5 Å². The first-order valence-corrected chi connectivity index (χ1v) is 10.3. The Kier molecular flexibility index (Phi) is 10.00. The summed E-state index contributed by atoms with van der Waals surface area (Å²) in [6.07, 6.45) is 1.69. The highest BCUT2D eigenvalue weighted by atomic mass is 127. The second kappa shape index (κ2) is 12.5. The number of halogens is 1. The summed E-state index contributed by atoms with van der Waals surface area (Å²) in [7, 11) is 4.15. The lowest BCUT2D eigenvalue weighted by atomic mass is 10.1. The van der Waals surface area contributed by atoms with Gasteiger partial charge in [0.25, 0.3) is 0 Å². The molecule has 0 amide bonds. The highest BCUT2D eigenvalue weighted by Crippen LogP contribution is 2.19. The predicted molar refractivity (Wildman–Crippen MR) is 138 cm³/mol. The van der Waals surface area contributed by atoms with Crippen LogP contribution in [0.25, 0.3) is 11.5 Å². The molecule has 3 rings (SSSR count). The Morgan fingerprint density at radius 2 is 1.81 bits per heavy atom. The summed E-state index contributed by atoms with van der Waals surface area (Å²) in [4.78, 5) is 11.5. The van der Waals surface area contributed by atoms with Gasteiger partial charge in [0.2, 0.25) is 5.89 Å². The van der Waals surface area contributed by atoms with Gasteiger partial charge in [-0.2, -0.15) is 0 Å². The van der Waals surface area contributed by atoms with Crippen molar-refractivity contribution in [2.75, 3.05) is 20.6 Å². The Bertz CT molecular complexity index is 966. The van der Waals surface area contributed by atoms with E-state index in [0.717, 1.165) is 30.3 Å². The van der Waals surface area contributed by atoms with E-state index in [1.165, 1.54) is 16.7 Å². The molecule has 0 fully saturated rings. The van der Waals surface area contributed by atoms with Crippen molar-refractivity contribution in [3.05, 3.63) is 77.2 Å². The van der Waals surface area contributed by atoms with Gasteiger partial charge in [0.05, 0.1) is 18.8 Å². The fraction of sp³-hybridized carbons (Fsp3) is 0.333. The van der Waals surface area contributed by atoms with Crippen LogP contribution in [0.5, 0.6) is 0 Å². The normalized spacial score (nSPS) is 11.3. The molecule has 7 heteroatoms. The van der Waals surface area contributed by atoms with Gasteiger partial charge in [-0.3, -0.25) is 0 Å². The molecular formula is C24H32IN5O. The molecule has 0 aliphatic heterocycles. The van der Waals surface area contributed by atoms with Crippen LogP contribution in [0.1, 0.15) is 29.3 Å². The Morgan fingerprint density at radius 3 is 2.52 bits per heavy atom. The number of hydrogen-bond acceptors (Lipinski definition) is 4. The number of guanidine groups is 1. The molecule has 1 aromatic heterocycles. The number of aliphatic imine (C=N–C) groups is 1. The van der Waals surface area contributed by atoms with Crippen LogP contribution in [0.2, 0.25) is 0 Å². The van der Waals surface area contributed by atoms with E-state index in [4.69, 9.17) is 9.41 Å². The second-order valence-corrected chi connectivity index (χ2v) is 7.62. The summed E-state index contributed by atoms with van der Waals surface area (Å²) in [5.41, 5.74) is 5.51. The summed E-state index contributed by atoms with van der Waals surface area (Å²) in [6.45, 7) is 6.99. The highest BCUT2D eigenvalue weighted by Gasteiger charge is 2.07. The van der Waals surface area contributed by atoms with E-state index < -0.39 is 0 Å². The van der Waals surface area contributed by atoms with E-state index in [1.807, 2.05) is 12.1 Å². The van der Waals surface area contributed by atoms with Gasteiger partial charge in [-0.05, 0) is 51.2 Å². The van der Waals surface area contributed by atoms with Crippen LogP contribution in [0.15, 0.2) is 64.2 Å². The maximum Gasteiger partial charge on any atom is 0.226 e. The maximum atomic E-state index is 5.64. The standard InChI is InChI=1S/C24H31N5O.HI/c1-5-25-24(26-14-19-7-6-8-20(13-19)16-29(3)4)27-15-22-17-30-23(28-22)21-11-9-18(2)10-12-21;/h6-13,17H,5,14-16H2,1-4H3,(H2,25,26,27);1H. The molecule has 0 radical (unpaired) electrons. The number of aryl methyl sites for hydroxylation is 1. The molecule has 0 atom stereocenters. The zero-order valence-corrected chi connectivity index (χ0v) is 21.0. The first kappa shape index (κ1) is 24.9. The number of benzene rings is 2. The lowest BCUT2D eigenvalue weighted by molar-refractivity contribution is 0.402. The lowest BCUT2D eigenvalue weighted by Crippen LogP contribution is -2.36. The van der Waals surface area contributed by atoms with Gasteiger partial charge in [0, 0.05) is 18.7 Å². The average Bonchev–Trinajstić information content (AvgIpc) is 3.19. The molecule has 0 spiro atoms. The van der Waals surface area contributed by atoms with Crippen LogP contribution in [-0.4, -0.2) is 36.5 Å². The van der Waals surface area contributed by atoms with Crippen molar-refractivity contribution in [2.24, 2.45) is 4.99 Å². The van der Waals surface area contributed by atoms with Crippen LogP contribution >= 0.6 is 24.0 Å². The first-order valence-electron chi connectivity index (χ1n) is 10.3. The topological polar surface area (TPSA) is 65.7 Å². The summed E-state index contributed by atoms with van der Waals surface area (Å²) < 4.78 is 5.64. The van der Waals surface area contributed by atoms with Crippen LogP contribution in [0.4, 0.5) is 0 Å². The second-order valence-electron chi connectivity index (χ2n) is 7.62. The summed E-state index contributed by atoms with van der Waals surface area (Å²) in [5, 5.41) is 6.62. The third-order valence-corrected chi connectivity index (χ3v) is 4.54. The first-order chi connectivity index (χ1) is 14.5. The van der Waals surface area contributed by atoms with Crippen molar-refractivity contribution in [1.29, 1.82) is 0 Å². The Morgan fingerprint density at radius 1 is 1.06 bits per heavy atom. The molecule has 0 unspecified atom stereocenters. The zero-order chi connectivity index (χ0) is 21.3. The molecule has 2 aromatic carbocycles. The number of rotatable bonds is 8. The van der Waals surface area contributed by atoms with E-state index in [2.05, 4.69) is 84.9 Å². The minimum atomic E-state index is 0. The molecule has 0 bridgehead atoms. The molecule has 3 aromatic rings. The van der Waals surface area contributed by atoms with Crippen LogP contribution in [0, 0.1) is 6.92 Å². The van der Waals surface area contributed by atoms with Gasteiger partial charge in [-0.1, -0.05) is 42.0 Å². The monoisotopic (exact) mass is 533 g/mol. The van der Waals surface area contributed by atoms with E-state index in [-0.39, 0.29) is 24.0 Å². The van der Waals surface area contributed by atoms with Crippen molar-refractivity contribution < 1.29 is 4.42 Å². The fourth-order valence-corrected chi connectivity index (χ4v) is 3.09. The minimum absolute atomic E-state index is 0. The third kappa shape index (κ3) is 7.99. The van der Waals surface area contributed by atoms with Crippen molar-refractivity contribution in [3.63, 3.8) is 0 Å². The molecule has 166 valence electrons. The third-order valence-electron chi connectivity index (χ3n) is 4.54. The van der Waals surface area contributed by atoms with E-state index in [1.54, 1.807) is 6.26 Å². The molecular weight excluding hydrogens is 501 g/mol. The van der Waals surface area contributed by atoms with Crippen LogP contribution in [0.3, 0.4) is 0 Å². The van der Waals surface area contributed by atoms with Gasteiger partial charge in [-0.15, -0.1) is 24.0 Å². The summed E-state index contributed by atoms with van der Waals surface area (Å²) in [6, 6.07) is 16.7. The van der Waals surface area contributed by atoms with Crippen molar-refractivity contribution >= 4 is 29.9 Å². The van der Waals surface area contributed by atoms with E-state index in [9.17, 15) is 0 Å². The quantitative estimate of drug-likeness (QED) is 0.252. The fourth-order valence-electron chi connectivity index (χ4n) is 3.09. The Labute approximate surface area is 202 Å². The average molecular weight is 533 g/mol. The van der Waals surface area contributed by atoms with Gasteiger partial charge in [0.1, 0.15) is 6.26 Å². The number of aromatic nitrogens is 1. The van der Waals surface area contributed by atoms with Gasteiger partial charge < -0.3 is 20.0 Å². The maximum absolute atomic E-state index is 5.64. The minimum Gasteiger partial charge on any atom is -0.444 e. The predicted octanol–water partition coefficient (Wildman–Crippen LogP) is 4.58. The van der Waals surface area contributed by atoms with Crippen LogP contribution < -0.4 is 10.6 Å². The largest absolute Gasteiger partial charge is 0.444 e. The molecule has 0 saturated heterocycles. The molecule has 0 aliphatic rings. The summed E-state index contributed by atoms with van der Waals surface area (Å²) in [5.74, 6) is 1.39. The smallest absolute Gasteiger partial charge is 0.226 e. The van der Waals surface area contributed by atoms with Crippen molar-refractivity contribution in [2.45, 2.75) is 33.5 Å². The molecule has 0 saturated carbocycles. The molecule has 1 heterocycles. The highest BCUT2D eigenvalue weighted by molar-refractivity contribution is 14.0. The zero-order valence-electron chi connectivity index (χ0n) is 18.7.